The zero-order valence-corrected chi connectivity index (χ0v) is 14.2. The van der Waals surface area contributed by atoms with Crippen molar-refractivity contribution < 1.29 is 9.53 Å². The molecule has 0 aliphatic carbocycles. The van der Waals surface area contributed by atoms with Gasteiger partial charge in [0.1, 0.15) is 5.75 Å². The monoisotopic (exact) mass is 327 g/mol. The van der Waals surface area contributed by atoms with Crippen LogP contribution in [-0.2, 0) is 17.8 Å². The maximum absolute atomic E-state index is 12.8. The number of methoxy groups -OCH3 is 1. The van der Waals surface area contributed by atoms with E-state index < -0.39 is 0 Å². The first-order valence-electron chi connectivity index (χ1n) is 8.64. The van der Waals surface area contributed by atoms with Crippen LogP contribution in [0, 0.1) is 0 Å². The van der Waals surface area contributed by atoms with E-state index in [0.717, 1.165) is 43.7 Å². The van der Waals surface area contributed by atoms with Gasteiger partial charge in [0.15, 0.2) is 0 Å². The van der Waals surface area contributed by atoms with E-state index in [1.165, 1.54) is 6.42 Å². The Balaban J connectivity index is 1.62. The van der Waals surface area contributed by atoms with E-state index in [4.69, 9.17) is 4.74 Å². The molecule has 2 aromatic rings. The van der Waals surface area contributed by atoms with Crippen molar-refractivity contribution in [2.45, 2.75) is 44.7 Å². The van der Waals surface area contributed by atoms with Crippen molar-refractivity contribution in [1.29, 1.82) is 0 Å². The molecule has 1 amide bonds. The summed E-state index contributed by atoms with van der Waals surface area (Å²) in [4.78, 5) is 19.0. The number of nitrogens with zero attached hydrogens (tertiary/aromatic N) is 3. The average molecular weight is 327 g/mol. The highest BCUT2D eigenvalue weighted by atomic mass is 16.5. The normalized spacial score (nSPS) is 17.7. The number of carbonyl (C=O) groups is 1. The van der Waals surface area contributed by atoms with Crippen molar-refractivity contribution >= 4 is 5.91 Å². The zero-order valence-electron chi connectivity index (χ0n) is 14.2. The molecule has 0 unspecified atom stereocenters. The number of aryl methyl sites for hydroxylation is 1. The summed E-state index contributed by atoms with van der Waals surface area (Å²) in [5.74, 6) is 1.02. The molecule has 0 bridgehead atoms. The number of likely N-dealkylation sites (tertiary alicyclic amines) is 1. The summed E-state index contributed by atoms with van der Waals surface area (Å²) in [5, 5.41) is 0. The van der Waals surface area contributed by atoms with Crippen molar-refractivity contribution in [1.82, 2.24) is 14.5 Å². The lowest BCUT2D eigenvalue weighted by molar-refractivity contribution is -0.134. The molecule has 1 aromatic carbocycles. The fourth-order valence-electron chi connectivity index (χ4n) is 3.40. The molecule has 128 valence electrons. The summed E-state index contributed by atoms with van der Waals surface area (Å²) in [6.45, 7) is 1.78. The Morgan fingerprint density at radius 2 is 2.29 bits per heavy atom. The van der Waals surface area contributed by atoms with Crippen molar-refractivity contribution in [2.75, 3.05) is 13.7 Å². The van der Waals surface area contributed by atoms with Crippen LogP contribution >= 0.6 is 0 Å². The van der Waals surface area contributed by atoms with E-state index >= 15 is 0 Å². The number of amides is 1. The maximum Gasteiger partial charge on any atom is 0.227 e. The third-order valence-corrected chi connectivity index (χ3v) is 4.72. The van der Waals surface area contributed by atoms with Crippen LogP contribution in [0.4, 0.5) is 0 Å². The number of imidazole rings is 1. The number of hydrogen-bond acceptors (Lipinski definition) is 3. The second kappa shape index (κ2) is 7.99. The lowest BCUT2D eigenvalue weighted by Gasteiger charge is -2.36. The molecule has 0 radical (unpaired) electrons. The number of hydrogen-bond donors (Lipinski definition) is 0. The summed E-state index contributed by atoms with van der Waals surface area (Å²) < 4.78 is 7.33. The molecule has 0 spiro atoms. The fourth-order valence-corrected chi connectivity index (χ4v) is 3.40. The first-order chi connectivity index (χ1) is 11.8. The van der Waals surface area contributed by atoms with Gasteiger partial charge in [-0.3, -0.25) is 4.79 Å². The topological polar surface area (TPSA) is 47.4 Å². The first kappa shape index (κ1) is 16.6. The van der Waals surface area contributed by atoms with E-state index in [1.807, 2.05) is 36.8 Å². The van der Waals surface area contributed by atoms with Crippen LogP contribution in [0.5, 0.6) is 5.75 Å². The summed E-state index contributed by atoms with van der Waals surface area (Å²) in [7, 11) is 1.65. The van der Waals surface area contributed by atoms with E-state index in [2.05, 4.69) is 14.5 Å². The SMILES string of the molecule is COc1cccc(CC(=O)N2CCCC[C@@H]2CCn2ccnc2)c1. The molecule has 24 heavy (non-hydrogen) atoms. The van der Waals surface area contributed by atoms with E-state index in [9.17, 15) is 4.79 Å². The van der Waals surface area contributed by atoms with Crippen LogP contribution in [-0.4, -0.2) is 40.1 Å². The second-order valence-electron chi connectivity index (χ2n) is 6.35. The molecular weight excluding hydrogens is 302 g/mol. The minimum atomic E-state index is 0.221. The van der Waals surface area contributed by atoms with Crippen molar-refractivity contribution in [3.05, 3.63) is 48.5 Å². The van der Waals surface area contributed by atoms with E-state index in [0.29, 0.717) is 12.5 Å². The Morgan fingerprint density at radius 1 is 1.38 bits per heavy atom. The minimum Gasteiger partial charge on any atom is -0.497 e. The predicted octanol–water partition coefficient (Wildman–Crippen LogP) is 2.91. The smallest absolute Gasteiger partial charge is 0.227 e. The Morgan fingerprint density at radius 3 is 3.08 bits per heavy atom. The summed E-state index contributed by atoms with van der Waals surface area (Å²) >= 11 is 0. The predicted molar refractivity (Wildman–Crippen MR) is 92.9 cm³/mol. The van der Waals surface area contributed by atoms with Gasteiger partial charge in [-0.05, 0) is 43.4 Å². The molecule has 5 heteroatoms. The molecule has 1 aliphatic heterocycles. The van der Waals surface area contributed by atoms with Gasteiger partial charge in [-0.1, -0.05) is 12.1 Å². The van der Waals surface area contributed by atoms with E-state index in [1.54, 1.807) is 13.3 Å². The summed E-state index contributed by atoms with van der Waals surface area (Å²) in [6.07, 6.45) is 10.4. The van der Waals surface area contributed by atoms with E-state index in [-0.39, 0.29) is 5.91 Å². The Kier molecular flexibility index (Phi) is 5.51. The highest BCUT2D eigenvalue weighted by Gasteiger charge is 2.26. The van der Waals surface area contributed by atoms with Gasteiger partial charge < -0.3 is 14.2 Å². The largest absolute Gasteiger partial charge is 0.497 e. The molecule has 1 fully saturated rings. The Bertz CT molecular complexity index is 654. The molecule has 0 saturated carbocycles. The molecule has 0 N–H and O–H groups in total. The minimum absolute atomic E-state index is 0.221. The van der Waals surface area contributed by atoms with Crippen LogP contribution in [0.15, 0.2) is 43.0 Å². The van der Waals surface area contributed by atoms with Gasteiger partial charge >= 0.3 is 0 Å². The molecular formula is C19H25N3O2. The van der Waals surface area contributed by atoms with Gasteiger partial charge in [0, 0.05) is 31.5 Å². The van der Waals surface area contributed by atoms with Gasteiger partial charge in [-0.2, -0.15) is 0 Å². The van der Waals surface area contributed by atoms with Crippen molar-refractivity contribution in [3.8, 4) is 5.75 Å². The quantitative estimate of drug-likeness (QED) is 0.819. The van der Waals surface area contributed by atoms with Gasteiger partial charge in [-0.25, -0.2) is 4.98 Å². The average Bonchev–Trinajstić information content (AvgIpc) is 3.14. The number of benzene rings is 1. The number of carbonyl (C=O) groups excluding carboxylic acids is 1. The van der Waals surface area contributed by atoms with Crippen LogP contribution in [0.3, 0.4) is 0 Å². The van der Waals surface area contributed by atoms with Crippen LogP contribution in [0.25, 0.3) is 0 Å². The second-order valence-corrected chi connectivity index (χ2v) is 6.35. The summed E-state index contributed by atoms with van der Waals surface area (Å²) in [6, 6.07) is 8.11. The van der Waals surface area contributed by atoms with Gasteiger partial charge in [0.25, 0.3) is 0 Å². The third kappa shape index (κ3) is 4.16. The molecule has 1 aromatic heterocycles. The summed E-state index contributed by atoms with van der Waals surface area (Å²) in [5.41, 5.74) is 1.01. The first-order valence-corrected chi connectivity index (χ1v) is 8.64. The van der Waals surface area contributed by atoms with Crippen LogP contribution in [0.2, 0.25) is 0 Å². The molecule has 1 atom stereocenters. The Hall–Kier alpha value is -2.30. The maximum atomic E-state index is 12.8. The number of rotatable bonds is 6. The fraction of sp³-hybridized carbons (Fsp3) is 0.474. The van der Waals surface area contributed by atoms with Gasteiger partial charge in [0.05, 0.1) is 19.9 Å². The highest BCUT2D eigenvalue weighted by molar-refractivity contribution is 5.79. The van der Waals surface area contributed by atoms with Crippen LogP contribution < -0.4 is 4.74 Å². The molecule has 2 heterocycles. The lowest BCUT2D eigenvalue weighted by Crippen LogP contribution is -2.44. The lowest BCUT2D eigenvalue weighted by atomic mass is 9.98. The third-order valence-electron chi connectivity index (χ3n) is 4.72. The molecule has 1 aliphatic rings. The van der Waals surface area contributed by atoms with Crippen molar-refractivity contribution in [2.24, 2.45) is 0 Å². The molecule has 1 saturated heterocycles. The highest BCUT2D eigenvalue weighted by Crippen LogP contribution is 2.22. The van der Waals surface area contributed by atoms with Gasteiger partial charge in [0.2, 0.25) is 5.91 Å². The van der Waals surface area contributed by atoms with Crippen LogP contribution in [0.1, 0.15) is 31.2 Å². The van der Waals surface area contributed by atoms with Crippen molar-refractivity contribution in [3.63, 3.8) is 0 Å². The molecule has 5 nitrogen and oxygen atoms in total. The standard InChI is InChI=1S/C19H25N3O2/c1-24-18-7-4-5-16(13-18)14-19(23)22-10-3-2-6-17(22)8-11-21-12-9-20-15-21/h4-5,7,9,12-13,15,17H,2-3,6,8,10-11,14H2,1H3/t17-/m1/s1. The number of ether oxygens (including phenoxy) is 1. The number of piperidine rings is 1. The Labute approximate surface area is 143 Å². The molecule has 3 rings (SSSR count). The van der Waals surface area contributed by atoms with Gasteiger partial charge in [-0.15, -0.1) is 0 Å². The zero-order chi connectivity index (χ0) is 16.8. The number of aromatic nitrogens is 2.